The second-order valence-corrected chi connectivity index (χ2v) is 7.03. The lowest BCUT2D eigenvalue weighted by Gasteiger charge is -2.31. The number of halogens is 2. The first kappa shape index (κ1) is 18.7. The molecule has 0 radical (unpaired) electrons. The molecule has 1 fully saturated rings. The third kappa shape index (κ3) is 3.19. The van der Waals surface area contributed by atoms with E-state index in [4.69, 9.17) is 9.47 Å². The van der Waals surface area contributed by atoms with Crippen LogP contribution in [0.4, 0.5) is 14.6 Å². The number of benzene rings is 1. The van der Waals surface area contributed by atoms with E-state index in [9.17, 15) is 18.4 Å². The van der Waals surface area contributed by atoms with E-state index in [1.54, 1.807) is 0 Å². The number of hydrogen-bond acceptors (Lipinski definition) is 5. The van der Waals surface area contributed by atoms with Crippen molar-refractivity contribution in [3.63, 3.8) is 0 Å². The van der Waals surface area contributed by atoms with Crippen LogP contribution in [-0.2, 0) is 11.2 Å². The lowest BCUT2D eigenvalue weighted by atomic mass is 9.93. The van der Waals surface area contributed by atoms with E-state index in [0.29, 0.717) is 31.8 Å². The summed E-state index contributed by atoms with van der Waals surface area (Å²) in [5, 5.41) is 2.80. The number of hydrogen-bond donors (Lipinski definition) is 2. The van der Waals surface area contributed by atoms with Crippen LogP contribution in [0.3, 0.4) is 0 Å². The van der Waals surface area contributed by atoms with Gasteiger partial charge in [0.25, 0.3) is 5.56 Å². The van der Waals surface area contributed by atoms with Gasteiger partial charge in [0.1, 0.15) is 23.6 Å². The average molecular weight is 393 g/mol. The topological polar surface area (TPSA) is 85.3 Å². The molecule has 0 amide bonds. The molecule has 2 aliphatic rings. The van der Waals surface area contributed by atoms with E-state index in [1.165, 1.54) is 25.3 Å². The number of ether oxygens (including phenoxy) is 2. The van der Waals surface area contributed by atoms with Crippen molar-refractivity contribution in [3.8, 4) is 5.75 Å². The smallest absolute Gasteiger partial charge is 0.330 e. The molecule has 0 spiro atoms. The molecular formula is C19H21F2N3O4. The van der Waals surface area contributed by atoms with Crippen LogP contribution < -0.4 is 21.3 Å². The first-order valence-corrected chi connectivity index (χ1v) is 9.19. The van der Waals surface area contributed by atoms with Crippen molar-refractivity contribution in [2.75, 3.05) is 25.6 Å². The van der Waals surface area contributed by atoms with Gasteiger partial charge in [-0.1, -0.05) is 0 Å². The highest BCUT2D eigenvalue weighted by atomic mass is 19.1. The van der Waals surface area contributed by atoms with Crippen molar-refractivity contribution in [2.45, 2.75) is 37.5 Å². The van der Waals surface area contributed by atoms with Crippen molar-refractivity contribution in [1.82, 2.24) is 9.55 Å². The molecule has 1 unspecified atom stereocenters. The van der Waals surface area contributed by atoms with Crippen molar-refractivity contribution < 1.29 is 18.3 Å². The van der Waals surface area contributed by atoms with Crippen molar-refractivity contribution in [1.29, 1.82) is 0 Å². The maximum atomic E-state index is 15.0. The molecule has 1 aromatic carbocycles. The molecule has 7 nitrogen and oxygen atoms in total. The second-order valence-electron chi connectivity index (χ2n) is 7.03. The van der Waals surface area contributed by atoms with E-state index in [2.05, 4.69) is 10.3 Å². The molecule has 0 saturated carbocycles. The summed E-state index contributed by atoms with van der Waals surface area (Å²) >= 11 is 0. The summed E-state index contributed by atoms with van der Waals surface area (Å²) in [5.41, 5.74) is -0.833. The number of aromatic nitrogens is 2. The SMILES string of the molecule is COc1ccc(F)c(C2Nc3[nH]c(=O)n(C4CCOCC4)c(=O)c3C[C@@H]2F)c1. The zero-order chi connectivity index (χ0) is 19.8. The lowest BCUT2D eigenvalue weighted by Crippen LogP contribution is -2.45. The van der Waals surface area contributed by atoms with Crippen molar-refractivity contribution in [2.24, 2.45) is 0 Å². The molecule has 2 aromatic rings. The minimum Gasteiger partial charge on any atom is -0.497 e. The fourth-order valence-electron chi connectivity index (χ4n) is 3.89. The summed E-state index contributed by atoms with van der Waals surface area (Å²) in [6.45, 7) is 0.934. The Morgan fingerprint density at radius 2 is 2.00 bits per heavy atom. The minimum absolute atomic E-state index is 0.0759. The van der Waals surface area contributed by atoms with Gasteiger partial charge in [-0.15, -0.1) is 0 Å². The number of nitrogens with one attached hydrogen (secondary N) is 2. The van der Waals surface area contributed by atoms with Gasteiger partial charge in [0.2, 0.25) is 0 Å². The molecule has 2 atom stereocenters. The maximum absolute atomic E-state index is 15.0. The summed E-state index contributed by atoms with van der Waals surface area (Å²) < 4.78 is 40.8. The van der Waals surface area contributed by atoms with E-state index in [1.807, 2.05) is 0 Å². The normalized spacial score (nSPS) is 22.4. The van der Waals surface area contributed by atoms with Gasteiger partial charge in [0, 0.05) is 31.2 Å². The van der Waals surface area contributed by atoms with Crippen LogP contribution in [0.5, 0.6) is 5.75 Å². The van der Waals surface area contributed by atoms with Crippen LogP contribution in [-0.4, -0.2) is 36.0 Å². The van der Waals surface area contributed by atoms with Crippen LogP contribution in [0.1, 0.15) is 36.1 Å². The largest absolute Gasteiger partial charge is 0.497 e. The molecule has 4 rings (SSSR count). The number of alkyl halides is 1. The van der Waals surface area contributed by atoms with E-state index >= 15 is 0 Å². The Morgan fingerprint density at radius 3 is 2.71 bits per heavy atom. The summed E-state index contributed by atoms with van der Waals surface area (Å²) in [5.74, 6) is -0.0682. The second kappa shape index (κ2) is 7.38. The molecule has 1 aromatic heterocycles. The molecule has 9 heteroatoms. The highest BCUT2D eigenvalue weighted by Gasteiger charge is 2.35. The number of aromatic amines is 1. The first-order chi connectivity index (χ1) is 13.5. The molecule has 28 heavy (non-hydrogen) atoms. The summed E-state index contributed by atoms with van der Waals surface area (Å²) in [4.78, 5) is 28.1. The van der Waals surface area contributed by atoms with Gasteiger partial charge >= 0.3 is 5.69 Å². The molecule has 0 bridgehead atoms. The van der Waals surface area contributed by atoms with Crippen molar-refractivity contribution >= 4 is 5.82 Å². The maximum Gasteiger partial charge on any atom is 0.330 e. The van der Waals surface area contributed by atoms with Gasteiger partial charge in [-0.3, -0.25) is 14.3 Å². The van der Waals surface area contributed by atoms with Gasteiger partial charge in [-0.25, -0.2) is 13.6 Å². The highest BCUT2D eigenvalue weighted by Crippen LogP contribution is 2.34. The van der Waals surface area contributed by atoms with Crippen molar-refractivity contribution in [3.05, 3.63) is 56.0 Å². The first-order valence-electron chi connectivity index (χ1n) is 9.19. The van der Waals surface area contributed by atoms with Gasteiger partial charge in [-0.05, 0) is 31.0 Å². The Morgan fingerprint density at radius 1 is 1.25 bits per heavy atom. The van der Waals surface area contributed by atoms with E-state index in [-0.39, 0.29) is 29.4 Å². The molecule has 3 heterocycles. The van der Waals surface area contributed by atoms with Crippen LogP contribution in [0.25, 0.3) is 0 Å². The average Bonchev–Trinajstić information content (AvgIpc) is 2.70. The molecule has 2 N–H and O–H groups in total. The highest BCUT2D eigenvalue weighted by molar-refractivity contribution is 5.50. The van der Waals surface area contributed by atoms with E-state index < -0.39 is 29.3 Å². The molecular weight excluding hydrogens is 372 g/mol. The summed E-state index contributed by atoms with van der Waals surface area (Å²) in [6.07, 6.45) is -0.670. The molecule has 1 saturated heterocycles. The van der Waals surface area contributed by atoms with Crippen LogP contribution in [0.15, 0.2) is 27.8 Å². The summed E-state index contributed by atoms with van der Waals surface area (Å²) in [7, 11) is 1.43. The Labute approximate surface area is 159 Å². The quantitative estimate of drug-likeness (QED) is 0.834. The van der Waals surface area contributed by atoms with E-state index in [0.717, 1.165) is 4.57 Å². The lowest BCUT2D eigenvalue weighted by molar-refractivity contribution is 0.0673. The zero-order valence-electron chi connectivity index (χ0n) is 15.3. The van der Waals surface area contributed by atoms with Gasteiger partial charge < -0.3 is 14.8 Å². The van der Waals surface area contributed by atoms with Gasteiger partial charge in [-0.2, -0.15) is 0 Å². The standard InChI is InChI=1S/C19H21F2N3O4/c1-27-11-2-3-14(20)12(8-11)16-15(21)9-13-17(22-16)23-19(26)24(18(13)25)10-4-6-28-7-5-10/h2-3,8,10,15-16,22H,4-7,9H2,1H3,(H,23,26)/t15-,16?/m0/s1. The van der Waals surface area contributed by atoms with Gasteiger partial charge in [0.05, 0.1) is 18.7 Å². The third-order valence-corrected chi connectivity index (χ3v) is 5.38. The molecule has 2 aliphatic heterocycles. The predicted octanol–water partition coefficient (Wildman–Crippen LogP) is 2.08. The number of methoxy groups -OCH3 is 1. The Hall–Kier alpha value is -2.68. The zero-order valence-corrected chi connectivity index (χ0v) is 15.3. The molecule has 0 aliphatic carbocycles. The van der Waals surface area contributed by atoms with Gasteiger partial charge in [0.15, 0.2) is 0 Å². The fourth-order valence-corrected chi connectivity index (χ4v) is 3.89. The Kier molecular flexibility index (Phi) is 4.92. The minimum atomic E-state index is -1.55. The monoisotopic (exact) mass is 393 g/mol. The fraction of sp³-hybridized carbons (Fsp3) is 0.474. The summed E-state index contributed by atoms with van der Waals surface area (Å²) in [6, 6.07) is 2.73. The number of anilines is 1. The molecule has 150 valence electrons. The van der Waals surface area contributed by atoms with Crippen LogP contribution >= 0.6 is 0 Å². The third-order valence-electron chi connectivity index (χ3n) is 5.38. The van der Waals surface area contributed by atoms with Crippen LogP contribution in [0, 0.1) is 5.82 Å². The van der Waals surface area contributed by atoms with Crippen LogP contribution in [0.2, 0.25) is 0 Å². The Balaban J connectivity index is 1.73. The number of rotatable bonds is 3. The number of nitrogens with zero attached hydrogens (tertiary/aromatic N) is 1. The number of fused-ring (bicyclic) bond motifs is 1. The predicted molar refractivity (Wildman–Crippen MR) is 98.3 cm³/mol. The number of H-pyrrole nitrogens is 1. The Bertz CT molecular complexity index is 998.